The summed E-state index contributed by atoms with van der Waals surface area (Å²) in [6.07, 6.45) is 0. The van der Waals surface area contributed by atoms with Crippen molar-refractivity contribution in [2.75, 3.05) is 4.90 Å². The first-order valence-corrected chi connectivity index (χ1v) is 20.6. The second-order valence-electron chi connectivity index (χ2n) is 15.4. The fourth-order valence-electron chi connectivity index (χ4n) is 8.84. The van der Waals surface area contributed by atoms with Crippen molar-refractivity contribution < 1.29 is 0 Å². The molecule has 1 aromatic heterocycles. The first-order valence-electron chi connectivity index (χ1n) is 20.6. The number of hydrogen-bond acceptors (Lipinski definition) is 1. The Balaban J connectivity index is 1.05. The van der Waals surface area contributed by atoms with Gasteiger partial charge in [-0.1, -0.05) is 176 Å². The molecule has 60 heavy (non-hydrogen) atoms. The van der Waals surface area contributed by atoms with Gasteiger partial charge in [-0.15, -0.1) is 0 Å². The number of fused-ring (bicyclic) bond motifs is 4. The predicted octanol–water partition coefficient (Wildman–Crippen LogP) is 16.1. The van der Waals surface area contributed by atoms with E-state index in [9.17, 15) is 0 Å². The van der Waals surface area contributed by atoms with E-state index in [2.05, 4.69) is 252 Å². The Morgan fingerprint density at radius 2 is 0.733 bits per heavy atom. The fourth-order valence-corrected chi connectivity index (χ4v) is 8.84. The molecule has 0 aliphatic rings. The minimum absolute atomic E-state index is 1.08. The summed E-state index contributed by atoms with van der Waals surface area (Å²) in [4.78, 5) is 2.42. The standard InChI is InChI=1S/C58H40N2/c1-2-15-41(16-3-1)45-19-12-21-47(37-45)49-23-14-24-52(40-49)59(57-29-10-11-30-58(57)60-55-27-8-6-25-53(55)54-26-7-9-28-56(54)60)51-35-33-43(34-36-51)46-20-13-22-48(38-46)50-32-31-42-17-4-5-18-44(42)39-50/h1-40H. The van der Waals surface area contributed by atoms with E-state index in [1.807, 2.05) is 0 Å². The molecule has 0 fully saturated rings. The van der Waals surface area contributed by atoms with Crippen molar-refractivity contribution in [1.29, 1.82) is 0 Å². The molecule has 2 heteroatoms. The lowest BCUT2D eigenvalue weighted by Crippen LogP contribution is -2.13. The van der Waals surface area contributed by atoms with Crippen LogP contribution in [0.4, 0.5) is 17.1 Å². The largest absolute Gasteiger partial charge is 0.308 e. The first-order chi connectivity index (χ1) is 29.7. The SMILES string of the molecule is c1ccc(-c2cccc(-c3cccc(N(c4ccc(-c5cccc(-c6ccc7ccccc7c6)c5)cc4)c4ccccc4-n4c5ccccc5c5ccccc54)c3)c2)cc1. The number of anilines is 3. The van der Waals surface area contributed by atoms with Gasteiger partial charge < -0.3 is 9.47 Å². The van der Waals surface area contributed by atoms with Gasteiger partial charge in [-0.25, -0.2) is 0 Å². The topological polar surface area (TPSA) is 8.17 Å². The van der Waals surface area contributed by atoms with Crippen LogP contribution in [0, 0.1) is 0 Å². The van der Waals surface area contributed by atoms with Crippen LogP contribution in [-0.4, -0.2) is 4.57 Å². The maximum atomic E-state index is 2.42. The quantitative estimate of drug-likeness (QED) is 0.150. The molecular formula is C58H40N2. The molecule has 1 heterocycles. The number of hydrogen-bond donors (Lipinski definition) is 0. The maximum Gasteiger partial charge on any atom is 0.0702 e. The van der Waals surface area contributed by atoms with Crippen LogP contribution >= 0.6 is 0 Å². The summed E-state index contributed by atoms with van der Waals surface area (Å²) in [5, 5.41) is 4.98. The van der Waals surface area contributed by atoms with Crippen molar-refractivity contribution in [3.63, 3.8) is 0 Å². The number of nitrogens with zero attached hydrogens (tertiary/aromatic N) is 2. The summed E-state index contributed by atoms with van der Waals surface area (Å²) >= 11 is 0. The minimum Gasteiger partial charge on any atom is -0.308 e. The molecule has 0 saturated heterocycles. The Morgan fingerprint density at radius 1 is 0.267 bits per heavy atom. The van der Waals surface area contributed by atoms with Gasteiger partial charge in [-0.3, -0.25) is 0 Å². The summed E-state index contributed by atoms with van der Waals surface area (Å²) in [5.41, 5.74) is 16.2. The van der Waals surface area contributed by atoms with Crippen LogP contribution in [0.1, 0.15) is 0 Å². The first kappa shape index (κ1) is 35.2. The molecule has 282 valence electrons. The van der Waals surface area contributed by atoms with Gasteiger partial charge in [0.2, 0.25) is 0 Å². The van der Waals surface area contributed by atoms with Gasteiger partial charge in [0.15, 0.2) is 0 Å². The molecule has 2 nitrogen and oxygen atoms in total. The molecule has 0 bridgehead atoms. The van der Waals surface area contributed by atoms with Gasteiger partial charge in [0, 0.05) is 22.1 Å². The van der Waals surface area contributed by atoms with Gasteiger partial charge in [0.1, 0.15) is 0 Å². The highest BCUT2D eigenvalue weighted by atomic mass is 15.2. The summed E-state index contributed by atoms with van der Waals surface area (Å²) in [7, 11) is 0. The highest BCUT2D eigenvalue weighted by Gasteiger charge is 2.21. The van der Waals surface area contributed by atoms with Crippen LogP contribution in [-0.2, 0) is 0 Å². The minimum atomic E-state index is 1.08. The van der Waals surface area contributed by atoms with Gasteiger partial charge in [-0.05, 0) is 122 Å². The number of rotatable bonds is 8. The third-order valence-corrected chi connectivity index (χ3v) is 11.8. The van der Waals surface area contributed by atoms with Crippen molar-refractivity contribution in [3.8, 4) is 50.2 Å². The van der Waals surface area contributed by atoms with E-state index >= 15 is 0 Å². The van der Waals surface area contributed by atoms with Crippen LogP contribution in [0.25, 0.3) is 82.8 Å². The molecular weight excluding hydrogens is 725 g/mol. The molecule has 0 unspecified atom stereocenters. The Kier molecular flexibility index (Phi) is 8.87. The molecule has 0 atom stereocenters. The lowest BCUT2D eigenvalue weighted by atomic mass is 9.97. The van der Waals surface area contributed by atoms with Crippen molar-refractivity contribution >= 4 is 49.6 Å². The average molecular weight is 765 g/mol. The Bertz CT molecular complexity index is 3270. The van der Waals surface area contributed by atoms with Gasteiger partial charge in [0.05, 0.1) is 22.4 Å². The van der Waals surface area contributed by atoms with Gasteiger partial charge >= 0.3 is 0 Å². The van der Waals surface area contributed by atoms with Crippen molar-refractivity contribution in [2.24, 2.45) is 0 Å². The molecule has 11 aromatic rings. The molecule has 0 saturated carbocycles. The number of benzene rings is 10. The Morgan fingerprint density at radius 3 is 1.42 bits per heavy atom. The van der Waals surface area contributed by atoms with E-state index in [0.717, 1.165) is 28.3 Å². The molecule has 11 rings (SSSR count). The van der Waals surface area contributed by atoms with Crippen molar-refractivity contribution in [2.45, 2.75) is 0 Å². The zero-order valence-corrected chi connectivity index (χ0v) is 33.0. The van der Waals surface area contributed by atoms with E-state index in [1.165, 1.54) is 71.5 Å². The fraction of sp³-hybridized carbons (Fsp3) is 0. The highest BCUT2D eigenvalue weighted by Crippen LogP contribution is 2.43. The monoisotopic (exact) mass is 764 g/mol. The predicted molar refractivity (Wildman–Crippen MR) is 255 cm³/mol. The average Bonchev–Trinajstić information content (AvgIpc) is 3.66. The lowest BCUT2D eigenvalue weighted by molar-refractivity contribution is 1.15. The van der Waals surface area contributed by atoms with Gasteiger partial charge in [0.25, 0.3) is 0 Å². The zero-order valence-electron chi connectivity index (χ0n) is 33.0. The summed E-state index contributed by atoms with van der Waals surface area (Å²) in [5.74, 6) is 0. The molecule has 0 aliphatic heterocycles. The third-order valence-electron chi connectivity index (χ3n) is 11.8. The van der Waals surface area contributed by atoms with E-state index < -0.39 is 0 Å². The highest BCUT2D eigenvalue weighted by molar-refractivity contribution is 6.10. The van der Waals surface area contributed by atoms with Crippen molar-refractivity contribution in [3.05, 3.63) is 243 Å². The van der Waals surface area contributed by atoms with Crippen LogP contribution in [0.15, 0.2) is 243 Å². The van der Waals surface area contributed by atoms with Crippen LogP contribution in [0.2, 0.25) is 0 Å². The number of aromatic nitrogens is 1. The van der Waals surface area contributed by atoms with Crippen LogP contribution < -0.4 is 4.90 Å². The molecule has 0 N–H and O–H groups in total. The molecule has 0 spiro atoms. The third kappa shape index (κ3) is 6.41. The summed E-state index contributed by atoms with van der Waals surface area (Å²) < 4.78 is 2.42. The molecule has 10 aromatic carbocycles. The van der Waals surface area contributed by atoms with Crippen molar-refractivity contribution in [1.82, 2.24) is 4.57 Å². The second-order valence-corrected chi connectivity index (χ2v) is 15.4. The van der Waals surface area contributed by atoms with E-state index in [1.54, 1.807) is 0 Å². The Hall–Kier alpha value is -7.94. The lowest BCUT2D eigenvalue weighted by Gasteiger charge is -2.29. The number of para-hydroxylation sites is 4. The van der Waals surface area contributed by atoms with E-state index in [0.29, 0.717) is 0 Å². The summed E-state index contributed by atoms with van der Waals surface area (Å²) in [6.45, 7) is 0. The van der Waals surface area contributed by atoms with Crippen LogP contribution in [0.5, 0.6) is 0 Å². The maximum absolute atomic E-state index is 2.42. The van der Waals surface area contributed by atoms with Gasteiger partial charge in [-0.2, -0.15) is 0 Å². The van der Waals surface area contributed by atoms with E-state index in [4.69, 9.17) is 0 Å². The molecule has 0 amide bonds. The Labute approximate surface area is 350 Å². The zero-order chi connectivity index (χ0) is 39.8. The molecule has 0 radical (unpaired) electrons. The second kappa shape index (κ2) is 15.1. The van der Waals surface area contributed by atoms with Crippen LogP contribution in [0.3, 0.4) is 0 Å². The normalized spacial score (nSPS) is 11.3. The smallest absolute Gasteiger partial charge is 0.0702 e. The van der Waals surface area contributed by atoms with E-state index in [-0.39, 0.29) is 0 Å². The summed E-state index contributed by atoms with van der Waals surface area (Å²) in [6, 6.07) is 87.9. The molecule has 0 aliphatic carbocycles.